The third kappa shape index (κ3) is 4.82. The van der Waals surface area contributed by atoms with Gasteiger partial charge < -0.3 is 14.6 Å². The zero-order chi connectivity index (χ0) is 11.1. The highest BCUT2D eigenvalue weighted by atomic mass is 16.5. The number of hydrogen-bond acceptors (Lipinski definition) is 3. The minimum absolute atomic E-state index is 0.0926. The Balaban J connectivity index is 2.25. The molecule has 1 aliphatic rings. The molecule has 0 N–H and O–H groups in total. The average Bonchev–Trinajstić information content (AvgIpc) is 2.17. The summed E-state index contributed by atoms with van der Waals surface area (Å²) in [5, 5.41) is 11.9. The predicted molar refractivity (Wildman–Crippen MR) is 56.5 cm³/mol. The number of likely N-dealkylation sites (tertiary alicyclic amines) is 1. The fraction of sp³-hybridized carbons (Fsp3) is 0.727. The van der Waals surface area contributed by atoms with Gasteiger partial charge in [-0.05, 0) is 25.2 Å². The molecule has 0 atom stereocenters. The Morgan fingerprint density at radius 1 is 1.33 bits per heavy atom. The maximum Gasteiger partial charge on any atom is 0.303 e. The van der Waals surface area contributed by atoms with Crippen molar-refractivity contribution in [1.82, 2.24) is 0 Å². The summed E-state index contributed by atoms with van der Waals surface area (Å²) in [5.41, 5.74) is 0. The van der Waals surface area contributed by atoms with Crippen LogP contribution in [0.15, 0.2) is 0 Å². The number of rotatable bonds is 2. The van der Waals surface area contributed by atoms with E-state index in [9.17, 15) is 10.0 Å². The second-order valence-electron chi connectivity index (χ2n) is 3.86. The van der Waals surface area contributed by atoms with Gasteiger partial charge in [0, 0.05) is 6.92 Å². The van der Waals surface area contributed by atoms with E-state index in [0.717, 1.165) is 19.3 Å². The highest BCUT2D eigenvalue weighted by Crippen LogP contribution is 2.15. The Morgan fingerprint density at radius 2 is 2.00 bits per heavy atom. The summed E-state index contributed by atoms with van der Waals surface area (Å²) in [6, 6.07) is 0. The number of nitrogens with zero attached hydrogens (tertiary/aromatic N) is 1. The van der Waals surface area contributed by atoms with Crippen molar-refractivity contribution >= 4 is 5.97 Å². The largest absolute Gasteiger partial charge is 0.632 e. The fourth-order valence-electron chi connectivity index (χ4n) is 1.64. The zero-order valence-corrected chi connectivity index (χ0v) is 9.12. The molecule has 0 saturated carbocycles. The van der Waals surface area contributed by atoms with Crippen molar-refractivity contribution in [2.45, 2.75) is 26.2 Å². The number of ether oxygens (including phenoxy) is 1. The molecular weight excluding hydrogens is 194 g/mol. The second kappa shape index (κ2) is 5.74. The minimum atomic E-state index is -0.340. The van der Waals surface area contributed by atoms with Gasteiger partial charge in [-0.25, -0.2) is 0 Å². The molecular formula is C11H17NO3. The van der Waals surface area contributed by atoms with Crippen LogP contribution in [0.3, 0.4) is 0 Å². The van der Waals surface area contributed by atoms with Crippen LogP contribution >= 0.6 is 0 Å². The smallest absolute Gasteiger partial charge is 0.303 e. The predicted octanol–water partition coefficient (Wildman–Crippen LogP) is 1.05. The van der Waals surface area contributed by atoms with Gasteiger partial charge in [-0.2, -0.15) is 0 Å². The van der Waals surface area contributed by atoms with Crippen molar-refractivity contribution < 1.29 is 14.2 Å². The lowest BCUT2D eigenvalue weighted by atomic mass is 10.1. The van der Waals surface area contributed by atoms with Crippen molar-refractivity contribution in [3.05, 3.63) is 5.21 Å². The van der Waals surface area contributed by atoms with Gasteiger partial charge in [0.1, 0.15) is 6.54 Å². The van der Waals surface area contributed by atoms with E-state index in [1.807, 2.05) is 0 Å². The molecule has 4 nitrogen and oxygen atoms in total. The van der Waals surface area contributed by atoms with E-state index < -0.39 is 0 Å². The summed E-state index contributed by atoms with van der Waals surface area (Å²) >= 11 is 0. The summed E-state index contributed by atoms with van der Waals surface area (Å²) in [6.45, 7) is 3.09. The number of hydroxylamine groups is 3. The molecule has 84 valence electrons. The number of hydrogen-bond donors (Lipinski definition) is 0. The first-order valence-electron chi connectivity index (χ1n) is 5.29. The second-order valence-corrected chi connectivity index (χ2v) is 3.86. The van der Waals surface area contributed by atoms with Gasteiger partial charge in [0.05, 0.1) is 13.1 Å². The number of quaternary nitrogens is 1. The minimum Gasteiger partial charge on any atom is -0.632 e. The maximum atomic E-state index is 11.9. The van der Waals surface area contributed by atoms with Crippen LogP contribution in [0.4, 0.5) is 0 Å². The van der Waals surface area contributed by atoms with E-state index in [1.54, 1.807) is 0 Å². The van der Waals surface area contributed by atoms with Crippen LogP contribution in [0.2, 0.25) is 0 Å². The van der Waals surface area contributed by atoms with Crippen molar-refractivity contribution in [3.63, 3.8) is 0 Å². The zero-order valence-electron chi connectivity index (χ0n) is 9.12. The molecule has 0 aromatic rings. The molecule has 0 bridgehead atoms. The summed E-state index contributed by atoms with van der Waals surface area (Å²) in [7, 11) is 0. The molecule has 1 aliphatic heterocycles. The SMILES string of the molecule is CC(=O)OCC#CC[N+]1([O-])CCCCC1. The van der Waals surface area contributed by atoms with Crippen molar-refractivity contribution in [2.75, 3.05) is 26.2 Å². The van der Waals surface area contributed by atoms with Gasteiger partial charge in [0.25, 0.3) is 0 Å². The topological polar surface area (TPSA) is 49.4 Å². The molecule has 1 heterocycles. The third-order valence-electron chi connectivity index (χ3n) is 2.47. The standard InChI is InChI=1S/C11H17NO3/c1-11(13)15-10-6-5-9-12(14)7-3-2-4-8-12/h2-4,7-10H2,1H3. The molecule has 0 amide bonds. The van der Waals surface area contributed by atoms with Gasteiger partial charge in [0.15, 0.2) is 6.61 Å². The molecule has 0 aromatic heterocycles. The van der Waals surface area contributed by atoms with Gasteiger partial charge in [-0.3, -0.25) is 4.79 Å². The van der Waals surface area contributed by atoms with E-state index in [2.05, 4.69) is 16.6 Å². The van der Waals surface area contributed by atoms with Gasteiger partial charge in [-0.15, -0.1) is 0 Å². The Hall–Kier alpha value is -1.05. The quantitative estimate of drug-likeness (QED) is 0.297. The van der Waals surface area contributed by atoms with Crippen LogP contribution in [-0.4, -0.2) is 36.9 Å². The molecule has 0 aliphatic carbocycles. The van der Waals surface area contributed by atoms with Gasteiger partial charge in [0.2, 0.25) is 0 Å². The van der Waals surface area contributed by atoms with Crippen LogP contribution < -0.4 is 0 Å². The van der Waals surface area contributed by atoms with Crippen LogP contribution in [0.25, 0.3) is 0 Å². The Bertz CT molecular complexity index is 271. The van der Waals surface area contributed by atoms with Crippen LogP contribution in [0, 0.1) is 17.0 Å². The monoisotopic (exact) mass is 211 g/mol. The van der Waals surface area contributed by atoms with Crippen molar-refractivity contribution in [2.24, 2.45) is 0 Å². The highest BCUT2D eigenvalue weighted by Gasteiger charge is 2.18. The van der Waals surface area contributed by atoms with Crippen molar-refractivity contribution in [1.29, 1.82) is 0 Å². The molecule has 0 aromatic carbocycles. The molecule has 15 heavy (non-hydrogen) atoms. The highest BCUT2D eigenvalue weighted by molar-refractivity contribution is 5.66. The summed E-state index contributed by atoms with van der Waals surface area (Å²) < 4.78 is 4.44. The number of piperidine rings is 1. The van der Waals surface area contributed by atoms with E-state index in [-0.39, 0.29) is 17.2 Å². The lowest BCUT2D eigenvalue weighted by molar-refractivity contribution is -0.878. The number of carbonyl (C=O) groups is 1. The molecule has 1 fully saturated rings. The van der Waals surface area contributed by atoms with E-state index in [0.29, 0.717) is 19.6 Å². The van der Waals surface area contributed by atoms with Crippen LogP contribution in [-0.2, 0) is 9.53 Å². The number of esters is 1. The average molecular weight is 211 g/mol. The Labute approximate surface area is 90.4 Å². The fourth-order valence-corrected chi connectivity index (χ4v) is 1.64. The maximum absolute atomic E-state index is 11.9. The van der Waals surface area contributed by atoms with E-state index >= 15 is 0 Å². The first-order valence-corrected chi connectivity index (χ1v) is 5.29. The normalized spacial score (nSPS) is 18.8. The molecule has 1 rings (SSSR count). The summed E-state index contributed by atoms with van der Waals surface area (Å²) in [4.78, 5) is 10.4. The van der Waals surface area contributed by atoms with E-state index in [1.165, 1.54) is 6.92 Å². The lowest BCUT2D eigenvalue weighted by Crippen LogP contribution is -2.46. The van der Waals surface area contributed by atoms with E-state index in [4.69, 9.17) is 0 Å². The first-order chi connectivity index (χ1) is 7.12. The first kappa shape index (κ1) is 12.0. The molecule has 0 spiro atoms. The summed E-state index contributed by atoms with van der Waals surface area (Å²) in [6.07, 6.45) is 3.15. The molecule has 1 saturated heterocycles. The third-order valence-corrected chi connectivity index (χ3v) is 2.47. The van der Waals surface area contributed by atoms with Gasteiger partial charge >= 0.3 is 5.97 Å². The summed E-state index contributed by atoms with van der Waals surface area (Å²) in [5.74, 6) is 5.12. The molecule has 0 radical (unpaired) electrons. The molecule has 4 heteroatoms. The van der Waals surface area contributed by atoms with Crippen LogP contribution in [0.1, 0.15) is 26.2 Å². The Kier molecular flexibility index (Phi) is 4.60. The number of carbonyl (C=O) groups excluding carboxylic acids is 1. The molecule has 0 unspecified atom stereocenters. The van der Waals surface area contributed by atoms with Gasteiger partial charge in [-0.1, -0.05) is 5.92 Å². The van der Waals surface area contributed by atoms with Crippen molar-refractivity contribution in [3.8, 4) is 11.8 Å². The lowest BCUT2D eigenvalue weighted by Gasteiger charge is -2.43. The Morgan fingerprint density at radius 3 is 2.60 bits per heavy atom. The van der Waals surface area contributed by atoms with Crippen LogP contribution in [0.5, 0.6) is 0 Å².